The van der Waals surface area contributed by atoms with E-state index in [0.29, 0.717) is 5.82 Å². The molecule has 3 aromatic rings. The number of nitrogens with zero attached hydrogens (tertiary/aromatic N) is 2. The lowest BCUT2D eigenvalue weighted by molar-refractivity contribution is 0.606. The highest BCUT2D eigenvalue weighted by atomic mass is 32.2. The van der Waals surface area contributed by atoms with Gasteiger partial charge in [0.05, 0.1) is 11.9 Å². The molecule has 2 aromatic heterocycles. The highest BCUT2D eigenvalue weighted by Gasteiger charge is 2.05. The molecule has 0 unspecified atom stereocenters. The van der Waals surface area contributed by atoms with Gasteiger partial charge in [0.25, 0.3) is 0 Å². The average molecular weight is 314 g/mol. The van der Waals surface area contributed by atoms with Crippen molar-refractivity contribution in [3.05, 3.63) is 54.9 Å². The number of H-pyrrole nitrogens is 1. The zero-order valence-corrected chi connectivity index (χ0v) is 12.6. The number of rotatable bonds is 4. The van der Waals surface area contributed by atoms with Crippen molar-refractivity contribution >= 4 is 15.8 Å². The first-order valence-electron chi connectivity index (χ1n) is 6.55. The molecule has 0 saturated carbocycles. The van der Waals surface area contributed by atoms with Crippen molar-refractivity contribution in [3.63, 3.8) is 0 Å². The van der Waals surface area contributed by atoms with Gasteiger partial charge >= 0.3 is 0 Å². The lowest BCUT2D eigenvalue weighted by Gasteiger charge is -2.06. The second-order valence-corrected chi connectivity index (χ2v) is 6.61. The van der Waals surface area contributed by atoms with Crippen LogP contribution in [0.15, 0.2) is 54.9 Å². The van der Waals surface area contributed by atoms with Crippen LogP contribution in [0.5, 0.6) is 0 Å². The fourth-order valence-electron chi connectivity index (χ4n) is 2.10. The lowest BCUT2D eigenvalue weighted by atomic mass is 10.0. The van der Waals surface area contributed by atoms with E-state index in [2.05, 4.69) is 19.9 Å². The van der Waals surface area contributed by atoms with Gasteiger partial charge in [0.2, 0.25) is 10.0 Å². The van der Waals surface area contributed by atoms with E-state index in [1.165, 1.54) is 0 Å². The van der Waals surface area contributed by atoms with Gasteiger partial charge in [-0.2, -0.15) is 5.10 Å². The Balaban J connectivity index is 1.90. The van der Waals surface area contributed by atoms with Crippen molar-refractivity contribution in [2.24, 2.45) is 0 Å². The smallest absolute Gasteiger partial charge is 0.230 e. The molecule has 0 aliphatic carbocycles. The largest absolute Gasteiger partial charge is 0.278 e. The molecule has 0 saturated heterocycles. The van der Waals surface area contributed by atoms with E-state index in [1.807, 2.05) is 36.4 Å². The minimum absolute atomic E-state index is 0.302. The van der Waals surface area contributed by atoms with E-state index >= 15 is 0 Å². The van der Waals surface area contributed by atoms with Gasteiger partial charge in [-0.15, -0.1) is 0 Å². The van der Waals surface area contributed by atoms with Crippen LogP contribution in [0.1, 0.15) is 0 Å². The first-order chi connectivity index (χ1) is 10.5. The van der Waals surface area contributed by atoms with Gasteiger partial charge < -0.3 is 0 Å². The number of nitrogens with one attached hydrogen (secondary N) is 2. The molecule has 7 heteroatoms. The summed E-state index contributed by atoms with van der Waals surface area (Å²) in [5.74, 6) is 0.302. The van der Waals surface area contributed by atoms with Crippen LogP contribution in [0.4, 0.5) is 5.82 Å². The van der Waals surface area contributed by atoms with Gasteiger partial charge in [0.15, 0.2) is 0 Å². The monoisotopic (exact) mass is 314 g/mol. The highest BCUT2D eigenvalue weighted by molar-refractivity contribution is 7.92. The van der Waals surface area contributed by atoms with Crippen LogP contribution >= 0.6 is 0 Å². The van der Waals surface area contributed by atoms with Crippen molar-refractivity contribution in [1.82, 2.24) is 15.2 Å². The Bertz CT molecular complexity index is 872. The van der Waals surface area contributed by atoms with E-state index in [0.717, 1.165) is 28.6 Å². The first kappa shape index (κ1) is 14.3. The summed E-state index contributed by atoms with van der Waals surface area (Å²) < 4.78 is 24.7. The third-order valence-electron chi connectivity index (χ3n) is 3.06. The minimum atomic E-state index is -3.31. The van der Waals surface area contributed by atoms with Crippen LogP contribution in [0.3, 0.4) is 0 Å². The second kappa shape index (κ2) is 5.61. The molecular formula is C15H14N4O2S. The number of benzene rings is 1. The van der Waals surface area contributed by atoms with Crippen LogP contribution in [-0.2, 0) is 10.0 Å². The molecule has 1 aromatic carbocycles. The van der Waals surface area contributed by atoms with Crippen LogP contribution in [-0.4, -0.2) is 29.9 Å². The van der Waals surface area contributed by atoms with Crippen molar-refractivity contribution in [2.45, 2.75) is 0 Å². The quantitative estimate of drug-likeness (QED) is 0.774. The fraction of sp³-hybridized carbons (Fsp3) is 0.0667. The van der Waals surface area contributed by atoms with Crippen LogP contribution in [0.25, 0.3) is 22.4 Å². The van der Waals surface area contributed by atoms with Gasteiger partial charge in [0.1, 0.15) is 5.82 Å². The van der Waals surface area contributed by atoms with Gasteiger partial charge in [-0.25, -0.2) is 13.4 Å². The summed E-state index contributed by atoms with van der Waals surface area (Å²) >= 11 is 0. The average Bonchev–Trinajstić information content (AvgIpc) is 3.01. The predicted octanol–water partition coefficient (Wildman–Crippen LogP) is 2.51. The van der Waals surface area contributed by atoms with E-state index in [1.54, 1.807) is 18.5 Å². The summed E-state index contributed by atoms with van der Waals surface area (Å²) in [6.07, 6.45) is 4.44. The normalized spacial score (nSPS) is 11.3. The summed E-state index contributed by atoms with van der Waals surface area (Å²) in [4.78, 5) is 4.12. The standard InChI is InChI=1S/C15H14N4O2S/c1-22(20,21)19-15-6-5-13(10-16-15)11-3-2-4-12(9-11)14-7-8-17-18-14/h2-10H,1H3,(H,16,19)(H,17,18). The van der Waals surface area contributed by atoms with E-state index in [-0.39, 0.29) is 0 Å². The van der Waals surface area contributed by atoms with Crippen LogP contribution < -0.4 is 4.72 Å². The number of aromatic nitrogens is 3. The molecule has 22 heavy (non-hydrogen) atoms. The molecule has 0 radical (unpaired) electrons. The molecule has 0 spiro atoms. The number of pyridine rings is 1. The summed E-state index contributed by atoms with van der Waals surface area (Å²) in [5.41, 5.74) is 3.85. The molecular weight excluding hydrogens is 300 g/mol. The molecule has 0 aliphatic rings. The van der Waals surface area contributed by atoms with Crippen molar-refractivity contribution < 1.29 is 8.42 Å². The van der Waals surface area contributed by atoms with E-state index in [9.17, 15) is 8.42 Å². The SMILES string of the molecule is CS(=O)(=O)Nc1ccc(-c2cccc(-c3ccn[nH]3)c2)cn1. The zero-order valence-electron chi connectivity index (χ0n) is 11.8. The number of anilines is 1. The predicted molar refractivity (Wildman–Crippen MR) is 85.7 cm³/mol. The molecule has 0 amide bonds. The van der Waals surface area contributed by atoms with Gasteiger partial charge in [-0.3, -0.25) is 9.82 Å². The van der Waals surface area contributed by atoms with Crippen LogP contribution in [0.2, 0.25) is 0 Å². The lowest BCUT2D eigenvalue weighted by Crippen LogP contribution is -2.10. The maximum atomic E-state index is 11.2. The molecule has 0 bridgehead atoms. The zero-order chi connectivity index (χ0) is 15.6. The maximum absolute atomic E-state index is 11.2. The Morgan fingerprint density at radius 1 is 1.05 bits per heavy atom. The molecule has 2 N–H and O–H groups in total. The van der Waals surface area contributed by atoms with Gasteiger partial charge in [-0.1, -0.05) is 18.2 Å². The summed E-state index contributed by atoms with van der Waals surface area (Å²) in [6.45, 7) is 0. The molecule has 6 nitrogen and oxygen atoms in total. The Kier molecular flexibility index (Phi) is 3.64. The maximum Gasteiger partial charge on any atom is 0.230 e. The van der Waals surface area contributed by atoms with Gasteiger partial charge in [-0.05, 0) is 29.8 Å². The Morgan fingerprint density at radius 2 is 1.86 bits per heavy atom. The molecule has 112 valence electrons. The third-order valence-corrected chi connectivity index (χ3v) is 3.64. The fourth-order valence-corrected chi connectivity index (χ4v) is 2.60. The van der Waals surface area contributed by atoms with Crippen molar-refractivity contribution in [2.75, 3.05) is 11.0 Å². The Hall–Kier alpha value is -2.67. The van der Waals surface area contributed by atoms with E-state index < -0.39 is 10.0 Å². The number of hydrogen-bond donors (Lipinski definition) is 2. The molecule has 0 fully saturated rings. The number of sulfonamides is 1. The molecule has 0 atom stereocenters. The Labute approximate surface area is 128 Å². The van der Waals surface area contributed by atoms with Crippen molar-refractivity contribution in [1.29, 1.82) is 0 Å². The molecule has 0 aliphatic heterocycles. The third kappa shape index (κ3) is 3.32. The topological polar surface area (TPSA) is 87.7 Å². The van der Waals surface area contributed by atoms with Gasteiger partial charge in [0, 0.05) is 23.5 Å². The van der Waals surface area contributed by atoms with E-state index in [4.69, 9.17) is 0 Å². The summed E-state index contributed by atoms with van der Waals surface area (Å²) in [5, 5.41) is 6.87. The molecule has 3 rings (SSSR count). The summed E-state index contributed by atoms with van der Waals surface area (Å²) in [7, 11) is -3.31. The second-order valence-electron chi connectivity index (χ2n) is 4.86. The number of aromatic amines is 1. The first-order valence-corrected chi connectivity index (χ1v) is 8.44. The summed E-state index contributed by atoms with van der Waals surface area (Å²) in [6, 6.07) is 13.3. The molecule has 2 heterocycles. The van der Waals surface area contributed by atoms with Crippen molar-refractivity contribution in [3.8, 4) is 22.4 Å². The minimum Gasteiger partial charge on any atom is -0.278 e. The number of hydrogen-bond acceptors (Lipinski definition) is 4. The highest BCUT2D eigenvalue weighted by Crippen LogP contribution is 2.25. The Morgan fingerprint density at radius 3 is 2.50 bits per heavy atom. The van der Waals surface area contributed by atoms with Crippen LogP contribution in [0, 0.1) is 0 Å².